The topological polar surface area (TPSA) is 81.4 Å². The zero-order chi connectivity index (χ0) is 20.3. The first kappa shape index (κ1) is 19.4. The van der Waals surface area contributed by atoms with E-state index in [0.29, 0.717) is 22.7 Å². The number of rotatable bonds is 5. The highest BCUT2D eigenvalue weighted by atomic mass is 16.6. The van der Waals surface area contributed by atoms with Crippen LogP contribution in [-0.2, 0) is 9.53 Å². The Balaban J connectivity index is 1.89. The summed E-state index contributed by atoms with van der Waals surface area (Å²) in [7, 11) is 0. The highest BCUT2D eigenvalue weighted by Crippen LogP contribution is 2.24. The van der Waals surface area contributed by atoms with Crippen molar-refractivity contribution in [3.63, 3.8) is 0 Å². The fourth-order valence-electron chi connectivity index (χ4n) is 3.10. The number of nitrogens with one attached hydrogen (secondary N) is 1. The monoisotopic (exact) mass is 378 g/mol. The molecule has 0 saturated heterocycles. The Labute approximate surface area is 163 Å². The van der Waals surface area contributed by atoms with Crippen molar-refractivity contribution in [2.75, 3.05) is 5.32 Å². The van der Waals surface area contributed by atoms with Gasteiger partial charge in [0, 0.05) is 11.3 Å². The van der Waals surface area contributed by atoms with Gasteiger partial charge in [0.2, 0.25) is 6.10 Å². The van der Waals surface area contributed by atoms with Crippen molar-refractivity contribution in [1.82, 2.24) is 5.16 Å². The zero-order valence-corrected chi connectivity index (χ0v) is 16.3. The molecule has 28 heavy (non-hydrogen) atoms. The summed E-state index contributed by atoms with van der Waals surface area (Å²) in [6, 6.07) is 14.6. The van der Waals surface area contributed by atoms with E-state index in [1.54, 1.807) is 38.1 Å². The summed E-state index contributed by atoms with van der Waals surface area (Å²) >= 11 is 0. The smallest absolute Gasteiger partial charge is 0.344 e. The SMILES string of the molecule is Cc1cc(C)cc(NC(=O)[C@H](OC(=O)c2c(C)noc2C)c2ccccc2)c1. The standard InChI is InChI=1S/C22H22N2O4/c1-13-10-14(2)12-18(11-13)23-21(25)20(17-8-6-5-7-9-17)27-22(26)19-15(3)24-28-16(19)4/h5-12,20H,1-4H3,(H,23,25)/t20-/m1/s1. The predicted molar refractivity (Wildman–Crippen MR) is 105 cm³/mol. The van der Waals surface area contributed by atoms with Crippen LogP contribution in [0.5, 0.6) is 0 Å². The van der Waals surface area contributed by atoms with E-state index in [4.69, 9.17) is 9.26 Å². The summed E-state index contributed by atoms with van der Waals surface area (Å²) in [5, 5.41) is 6.62. The molecule has 3 aromatic rings. The number of ether oxygens (including phenoxy) is 1. The molecule has 3 rings (SSSR count). The quantitative estimate of drug-likeness (QED) is 0.664. The Morgan fingerprint density at radius 1 is 1.00 bits per heavy atom. The van der Waals surface area contributed by atoms with Crippen LogP contribution in [-0.4, -0.2) is 17.0 Å². The Kier molecular flexibility index (Phi) is 5.59. The third-order valence-corrected chi connectivity index (χ3v) is 4.29. The number of aromatic nitrogens is 1. The Morgan fingerprint density at radius 3 is 2.21 bits per heavy atom. The fourth-order valence-corrected chi connectivity index (χ4v) is 3.10. The maximum absolute atomic E-state index is 13.0. The van der Waals surface area contributed by atoms with Crippen molar-refractivity contribution >= 4 is 17.6 Å². The minimum atomic E-state index is -1.11. The van der Waals surface area contributed by atoms with Gasteiger partial charge in [-0.05, 0) is 51.0 Å². The number of benzene rings is 2. The minimum absolute atomic E-state index is 0.236. The molecule has 0 aliphatic heterocycles. The lowest BCUT2D eigenvalue weighted by atomic mass is 10.1. The average molecular weight is 378 g/mol. The number of hydrogen-bond acceptors (Lipinski definition) is 5. The number of carbonyl (C=O) groups excluding carboxylic acids is 2. The number of esters is 1. The van der Waals surface area contributed by atoms with E-state index >= 15 is 0 Å². The summed E-state index contributed by atoms with van der Waals surface area (Å²) in [5.74, 6) is -0.735. The average Bonchev–Trinajstić information content (AvgIpc) is 2.97. The van der Waals surface area contributed by atoms with Gasteiger partial charge in [0.25, 0.3) is 5.91 Å². The van der Waals surface area contributed by atoms with E-state index in [1.165, 1.54) is 0 Å². The summed E-state index contributed by atoms with van der Waals surface area (Å²) in [6.07, 6.45) is -1.11. The van der Waals surface area contributed by atoms with E-state index < -0.39 is 18.0 Å². The molecular weight excluding hydrogens is 356 g/mol. The third-order valence-electron chi connectivity index (χ3n) is 4.29. The first-order valence-electron chi connectivity index (χ1n) is 8.93. The molecule has 0 bridgehead atoms. The molecule has 144 valence electrons. The molecule has 6 nitrogen and oxygen atoms in total. The van der Waals surface area contributed by atoms with Crippen LogP contribution < -0.4 is 5.32 Å². The summed E-state index contributed by atoms with van der Waals surface area (Å²) in [5.41, 5.74) is 3.93. The van der Waals surface area contributed by atoms with Gasteiger partial charge in [-0.3, -0.25) is 4.79 Å². The first-order valence-corrected chi connectivity index (χ1v) is 8.93. The molecule has 6 heteroatoms. The lowest BCUT2D eigenvalue weighted by Crippen LogP contribution is -2.26. The van der Waals surface area contributed by atoms with Gasteiger partial charge in [-0.1, -0.05) is 41.6 Å². The van der Waals surface area contributed by atoms with Crippen LogP contribution in [0.15, 0.2) is 53.1 Å². The van der Waals surface area contributed by atoms with Crippen LogP contribution in [0.1, 0.15) is 44.6 Å². The van der Waals surface area contributed by atoms with Gasteiger partial charge in [-0.25, -0.2) is 4.79 Å². The van der Waals surface area contributed by atoms with Crippen LogP contribution in [0.25, 0.3) is 0 Å². The highest BCUT2D eigenvalue weighted by Gasteiger charge is 2.28. The van der Waals surface area contributed by atoms with Gasteiger partial charge in [-0.15, -0.1) is 0 Å². The molecule has 1 aromatic heterocycles. The van der Waals surface area contributed by atoms with Crippen LogP contribution >= 0.6 is 0 Å². The zero-order valence-electron chi connectivity index (χ0n) is 16.3. The van der Waals surface area contributed by atoms with Crippen molar-refractivity contribution < 1.29 is 18.8 Å². The van der Waals surface area contributed by atoms with Gasteiger partial charge in [0.15, 0.2) is 0 Å². The second-order valence-electron chi connectivity index (χ2n) is 6.76. The van der Waals surface area contributed by atoms with Crippen LogP contribution in [0.4, 0.5) is 5.69 Å². The van der Waals surface area contributed by atoms with Crippen LogP contribution in [0.2, 0.25) is 0 Å². The molecule has 0 fully saturated rings. The van der Waals surface area contributed by atoms with Gasteiger partial charge in [0.05, 0.1) is 5.69 Å². The lowest BCUT2D eigenvalue weighted by molar-refractivity contribution is -0.125. The third kappa shape index (κ3) is 4.28. The normalized spacial score (nSPS) is 11.7. The highest BCUT2D eigenvalue weighted by molar-refractivity contribution is 5.98. The van der Waals surface area contributed by atoms with Crippen molar-refractivity contribution in [2.24, 2.45) is 0 Å². The van der Waals surface area contributed by atoms with E-state index in [9.17, 15) is 9.59 Å². The van der Waals surface area contributed by atoms with Crippen molar-refractivity contribution in [1.29, 1.82) is 0 Å². The fraction of sp³-hybridized carbons (Fsp3) is 0.227. The molecule has 1 heterocycles. The van der Waals surface area contributed by atoms with Crippen molar-refractivity contribution in [3.05, 3.63) is 82.2 Å². The first-order chi connectivity index (χ1) is 13.3. The summed E-state index contributed by atoms with van der Waals surface area (Å²) in [6.45, 7) is 7.19. The maximum atomic E-state index is 13.0. The van der Waals surface area contributed by atoms with E-state index in [1.807, 2.05) is 38.1 Å². The molecule has 0 saturated carbocycles. The molecule has 0 radical (unpaired) electrons. The second kappa shape index (κ2) is 8.08. The predicted octanol–water partition coefficient (Wildman–Crippen LogP) is 4.45. The number of nitrogens with zero attached hydrogens (tertiary/aromatic N) is 1. The molecule has 1 atom stereocenters. The Bertz CT molecular complexity index is 969. The van der Waals surface area contributed by atoms with Crippen molar-refractivity contribution in [3.8, 4) is 0 Å². The minimum Gasteiger partial charge on any atom is -0.444 e. The van der Waals surface area contributed by atoms with Gasteiger partial charge >= 0.3 is 5.97 Å². The van der Waals surface area contributed by atoms with E-state index in [-0.39, 0.29) is 5.56 Å². The van der Waals surface area contributed by atoms with Gasteiger partial charge < -0.3 is 14.6 Å². The lowest BCUT2D eigenvalue weighted by Gasteiger charge is -2.18. The molecule has 0 aliphatic rings. The molecule has 0 aliphatic carbocycles. The van der Waals surface area contributed by atoms with E-state index in [2.05, 4.69) is 10.5 Å². The van der Waals surface area contributed by atoms with E-state index in [0.717, 1.165) is 11.1 Å². The molecular formula is C22H22N2O4. The van der Waals surface area contributed by atoms with Gasteiger partial charge in [-0.2, -0.15) is 0 Å². The van der Waals surface area contributed by atoms with Crippen molar-refractivity contribution in [2.45, 2.75) is 33.8 Å². The summed E-state index contributed by atoms with van der Waals surface area (Å²) in [4.78, 5) is 25.7. The molecule has 2 aromatic carbocycles. The maximum Gasteiger partial charge on any atom is 0.344 e. The molecule has 1 amide bonds. The summed E-state index contributed by atoms with van der Waals surface area (Å²) < 4.78 is 10.6. The second-order valence-corrected chi connectivity index (χ2v) is 6.76. The van der Waals surface area contributed by atoms with Crippen LogP contribution in [0.3, 0.4) is 0 Å². The van der Waals surface area contributed by atoms with Crippen LogP contribution in [0, 0.1) is 27.7 Å². The number of carbonyl (C=O) groups is 2. The number of anilines is 1. The Morgan fingerprint density at radius 2 is 1.64 bits per heavy atom. The van der Waals surface area contributed by atoms with Gasteiger partial charge in [0.1, 0.15) is 11.3 Å². The Hall–Kier alpha value is -3.41. The number of hydrogen-bond donors (Lipinski definition) is 1. The molecule has 0 spiro atoms. The number of aryl methyl sites for hydroxylation is 4. The molecule has 0 unspecified atom stereocenters. The number of amides is 1. The molecule has 1 N–H and O–H groups in total. The largest absolute Gasteiger partial charge is 0.444 e.